The minimum Gasteiger partial charge on any atom is -0.244 e. The van der Waals surface area contributed by atoms with Gasteiger partial charge in [0.25, 0.3) is 0 Å². The molecule has 1 aliphatic rings. The predicted molar refractivity (Wildman–Crippen MR) is 231 cm³/mol. The molecule has 0 N–H and O–H groups in total. The van der Waals surface area contributed by atoms with Gasteiger partial charge >= 0.3 is 0 Å². The van der Waals surface area contributed by atoms with Crippen LogP contribution >= 0.6 is 0 Å². The summed E-state index contributed by atoms with van der Waals surface area (Å²) in [4.78, 5) is 10.8. The maximum atomic E-state index is 5.46. The fourth-order valence-corrected chi connectivity index (χ4v) is 9.14. The van der Waals surface area contributed by atoms with Gasteiger partial charge in [-0.25, -0.2) is 9.97 Å². The van der Waals surface area contributed by atoms with E-state index in [1.807, 2.05) is 12.1 Å². The molecule has 0 unspecified atom stereocenters. The summed E-state index contributed by atoms with van der Waals surface area (Å²) in [6, 6.07) is 66.1. The third-order valence-electron chi connectivity index (χ3n) is 11.8. The monoisotopic (exact) mass is 700 g/mol. The fourth-order valence-electron chi connectivity index (χ4n) is 9.14. The summed E-state index contributed by atoms with van der Waals surface area (Å²) in [5.74, 6) is 0. The second kappa shape index (κ2) is 12.1. The van der Waals surface area contributed by atoms with Crippen molar-refractivity contribution in [3.63, 3.8) is 0 Å². The van der Waals surface area contributed by atoms with E-state index in [9.17, 15) is 0 Å². The van der Waals surface area contributed by atoms with Crippen LogP contribution in [0.2, 0.25) is 0 Å². The van der Waals surface area contributed by atoms with Crippen molar-refractivity contribution < 1.29 is 0 Å². The topological polar surface area (TPSA) is 25.8 Å². The van der Waals surface area contributed by atoms with Crippen LogP contribution in [0.4, 0.5) is 0 Å². The van der Waals surface area contributed by atoms with Crippen molar-refractivity contribution >= 4 is 43.4 Å². The highest BCUT2D eigenvalue weighted by Crippen LogP contribution is 2.52. The number of hydrogen-bond donors (Lipinski definition) is 0. The molecule has 10 aromatic rings. The summed E-state index contributed by atoms with van der Waals surface area (Å²) in [6.45, 7) is 4.70. The van der Waals surface area contributed by atoms with Crippen LogP contribution in [0, 0.1) is 0 Å². The summed E-state index contributed by atoms with van der Waals surface area (Å²) in [5.41, 5.74) is 15.8. The Kier molecular flexibility index (Phi) is 6.93. The van der Waals surface area contributed by atoms with Crippen molar-refractivity contribution in [3.05, 3.63) is 193 Å². The summed E-state index contributed by atoms with van der Waals surface area (Å²) in [6.07, 6.45) is 0. The summed E-state index contributed by atoms with van der Waals surface area (Å²) in [5, 5.41) is 7.18. The average molecular weight is 701 g/mol. The summed E-state index contributed by atoms with van der Waals surface area (Å²) < 4.78 is 0. The highest BCUT2D eigenvalue weighted by molar-refractivity contribution is 6.23. The minimum absolute atomic E-state index is 0.0652. The molecule has 0 fully saturated rings. The largest absolute Gasteiger partial charge is 0.244 e. The first-order chi connectivity index (χ1) is 27.0. The predicted octanol–water partition coefficient (Wildman–Crippen LogP) is 14.1. The molecule has 2 heteroatoms. The van der Waals surface area contributed by atoms with Gasteiger partial charge in [0, 0.05) is 16.5 Å². The molecule has 1 aliphatic carbocycles. The number of nitrogens with zero attached hydrogens (tertiary/aromatic N) is 2. The number of fused-ring (bicyclic) bond motifs is 7. The molecule has 1 heterocycles. The van der Waals surface area contributed by atoms with Crippen molar-refractivity contribution in [2.75, 3.05) is 0 Å². The molecular formula is C53H36N2. The minimum atomic E-state index is -0.0652. The van der Waals surface area contributed by atoms with Crippen molar-refractivity contribution in [3.8, 4) is 55.9 Å². The maximum Gasteiger partial charge on any atom is 0.0985 e. The number of aromatic nitrogens is 2. The lowest BCUT2D eigenvalue weighted by atomic mass is 9.81. The van der Waals surface area contributed by atoms with Crippen LogP contribution < -0.4 is 0 Å². The molecule has 55 heavy (non-hydrogen) atoms. The molecule has 1 aromatic heterocycles. The first-order valence-electron chi connectivity index (χ1n) is 19.1. The summed E-state index contributed by atoms with van der Waals surface area (Å²) >= 11 is 0. The Morgan fingerprint density at radius 1 is 0.345 bits per heavy atom. The zero-order valence-electron chi connectivity index (χ0n) is 30.7. The van der Waals surface area contributed by atoms with Gasteiger partial charge in [0.15, 0.2) is 0 Å². The molecule has 0 saturated heterocycles. The van der Waals surface area contributed by atoms with Gasteiger partial charge in [-0.2, -0.15) is 0 Å². The molecule has 9 aromatic carbocycles. The molecular weight excluding hydrogens is 665 g/mol. The van der Waals surface area contributed by atoms with E-state index in [1.54, 1.807) is 0 Å². The zero-order chi connectivity index (χ0) is 36.7. The van der Waals surface area contributed by atoms with Crippen LogP contribution in [-0.4, -0.2) is 9.97 Å². The Bertz CT molecular complexity index is 3170. The van der Waals surface area contributed by atoms with Crippen molar-refractivity contribution in [2.45, 2.75) is 19.3 Å². The van der Waals surface area contributed by atoms with E-state index in [-0.39, 0.29) is 5.41 Å². The second-order valence-corrected chi connectivity index (χ2v) is 15.3. The number of para-hydroxylation sites is 2. The van der Waals surface area contributed by atoms with Crippen LogP contribution in [0.25, 0.3) is 99.2 Å². The fraction of sp³-hybridized carbons (Fsp3) is 0.0566. The Morgan fingerprint density at radius 3 is 1.75 bits per heavy atom. The smallest absolute Gasteiger partial charge is 0.0985 e. The number of rotatable bonds is 4. The highest BCUT2D eigenvalue weighted by atomic mass is 14.8. The van der Waals surface area contributed by atoms with E-state index in [0.29, 0.717) is 0 Å². The van der Waals surface area contributed by atoms with E-state index < -0.39 is 0 Å². The van der Waals surface area contributed by atoms with Gasteiger partial charge in [-0.1, -0.05) is 166 Å². The quantitative estimate of drug-likeness (QED) is 0.171. The van der Waals surface area contributed by atoms with Gasteiger partial charge in [-0.05, 0) is 107 Å². The third-order valence-corrected chi connectivity index (χ3v) is 11.8. The van der Waals surface area contributed by atoms with Crippen molar-refractivity contribution in [2.24, 2.45) is 0 Å². The van der Waals surface area contributed by atoms with Gasteiger partial charge in [-0.15, -0.1) is 0 Å². The molecule has 0 aliphatic heterocycles. The molecule has 0 amide bonds. The highest BCUT2D eigenvalue weighted by Gasteiger charge is 2.35. The zero-order valence-corrected chi connectivity index (χ0v) is 30.7. The average Bonchev–Trinajstić information content (AvgIpc) is 3.47. The molecule has 0 atom stereocenters. The Balaban J connectivity index is 1.26. The van der Waals surface area contributed by atoms with E-state index >= 15 is 0 Å². The number of benzene rings is 9. The van der Waals surface area contributed by atoms with Gasteiger partial charge < -0.3 is 0 Å². The van der Waals surface area contributed by atoms with E-state index in [4.69, 9.17) is 9.97 Å². The lowest BCUT2D eigenvalue weighted by Gasteiger charge is -2.22. The number of hydrogen-bond acceptors (Lipinski definition) is 2. The standard InChI is InChI=1S/C53H36N2/c1-53(2)45-21-11-10-18-39(45)43-32-38(27-29-46(43)53)49-40-19-8-9-20-41(40)50(52-51(34-15-4-3-5-16-34)54-47-22-12-13-23-48(47)55-52)42-28-26-37(31-44(42)49)36-25-24-33-14-6-7-17-35(33)30-36/h3-32H,1-2H3. The molecule has 0 spiro atoms. The van der Waals surface area contributed by atoms with Crippen molar-refractivity contribution in [1.29, 1.82) is 0 Å². The van der Waals surface area contributed by atoms with Gasteiger partial charge in [0.1, 0.15) is 0 Å². The Morgan fingerprint density at radius 2 is 0.927 bits per heavy atom. The summed E-state index contributed by atoms with van der Waals surface area (Å²) in [7, 11) is 0. The van der Waals surface area contributed by atoms with E-state index in [0.717, 1.165) is 44.3 Å². The first-order valence-corrected chi connectivity index (χ1v) is 19.1. The van der Waals surface area contributed by atoms with E-state index in [1.165, 1.54) is 66.1 Å². The third kappa shape index (κ3) is 4.88. The van der Waals surface area contributed by atoms with Crippen LogP contribution in [-0.2, 0) is 5.41 Å². The van der Waals surface area contributed by atoms with Crippen LogP contribution in [0.3, 0.4) is 0 Å². The molecule has 0 saturated carbocycles. The van der Waals surface area contributed by atoms with Crippen LogP contribution in [0.5, 0.6) is 0 Å². The van der Waals surface area contributed by atoms with E-state index in [2.05, 4.69) is 184 Å². The maximum absolute atomic E-state index is 5.46. The Hall–Kier alpha value is -6.90. The molecule has 0 radical (unpaired) electrons. The lowest BCUT2D eigenvalue weighted by molar-refractivity contribution is 0.660. The lowest BCUT2D eigenvalue weighted by Crippen LogP contribution is -2.14. The Labute approximate surface area is 320 Å². The van der Waals surface area contributed by atoms with Crippen LogP contribution in [0.15, 0.2) is 182 Å². The first kappa shape index (κ1) is 31.6. The second-order valence-electron chi connectivity index (χ2n) is 15.3. The molecule has 11 rings (SSSR count). The molecule has 0 bridgehead atoms. The molecule has 2 nitrogen and oxygen atoms in total. The van der Waals surface area contributed by atoms with Gasteiger partial charge in [-0.3, -0.25) is 0 Å². The van der Waals surface area contributed by atoms with Crippen molar-refractivity contribution in [1.82, 2.24) is 9.97 Å². The van der Waals surface area contributed by atoms with Gasteiger partial charge in [0.05, 0.1) is 22.4 Å². The van der Waals surface area contributed by atoms with Crippen LogP contribution in [0.1, 0.15) is 25.0 Å². The normalized spacial score (nSPS) is 13.1. The van der Waals surface area contributed by atoms with Gasteiger partial charge in [0.2, 0.25) is 0 Å². The SMILES string of the molecule is CC1(C)c2ccccc2-c2cc(-c3c4ccccc4c(-c4nc5ccccc5nc4-c4ccccc4)c4ccc(-c5ccc6ccccc6c5)cc34)ccc21. The molecule has 258 valence electrons.